The second-order valence-corrected chi connectivity index (χ2v) is 6.70. The zero-order valence-corrected chi connectivity index (χ0v) is 14.0. The first-order valence-electron chi connectivity index (χ1n) is 7.22. The Balaban J connectivity index is 1.98. The maximum atomic E-state index is 12.5. The molecular formula is C16H12N6O3S. The number of aromatic nitrogens is 2. The summed E-state index contributed by atoms with van der Waals surface area (Å²) in [7, 11) is -3.80. The molecule has 130 valence electrons. The number of hydrogen-bond donors (Lipinski definition) is 2. The molecule has 3 aromatic rings. The molecule has 0 saturated heterocycles. The summed E-state index contributed by atoms with van der Waals surface area (Å²) >= 11 is 0. The van der Waals surface area contributed by atoms with Crippen LogP contribution in [0.5, 0.6) is 0 Å². The molecule has 0 spiro atoms. The van der Waals surface area contributed by atoms with Gasteiger partial charge in [-0.05, 0) is 36.4 Å². The fourth-order valence-corrected chi connectivity index (χ4v) is 2.67. The standard InChI is InChI=1S/C16H12N6O3S/c1-18-15-14(16(23)22(21-15)12-5-3-2-4-6-12)20-19-11-7-9-13(10-8-11)26(17,24)25/h2-10,21H,(H2,17,24,25). The fourth-order valence-electron chi connectivity index (χ4n) is 2.15. The highest BCUT2D eigenvalue weighted by atomic mass is 32.2. The number of primary sulfonamides is 1. The van der Waals surface area contributed by atoms with E-state index >= 15 is 0 Å². The Labute approximate surface area is 148 Å². The van der Waals surface area contributed by atoms with E-state index in [1.165, 1.54) is 28.9 Å². The minimum absolute atomic E-state index is 0.0521. The van der Waals surface area contributed by atoms with E-state index in [2.05, 4.69) is 20.2 Å². The second-order valence-electron chi connectivity index (χ2n) is 5.14. The van der Waals surface area contributed by atoms with Crippen LogP contribution in [0.15, 0.2) is 74.5 Å². The predicted octanol–water partition coefficient (Wildman–Crippen LogP) is 2.78. The lowest BCUT2D eigenvalue weighted by Crippen LogP contribution is -2.13. The molecule has 0 unspecified atom stereocenters. The number of para-hydroxylation sites is 1. The summed E-state index contributed by atoms with van der Waals surface area (Å²) in [4.78, 5) is 15.7. The van der Waals surface area contributed by atoms with Gasteiger partial charge in [0.1, 0.15) is 0 Å². The van der Waals surface area contributed by atoms with E-state index in [4.69, 9.17) is 11.7 Å². The van der Waals surface area contributed by atoms with Gasteiger partial charge in [-0.3, -0.25) is 4.79 Å². The van der Waals surface area contributed by atoms with Gasteiger partial charge in [-0.1, -0.05) is 24.8 Å². The van der Waals surface area contributed by atoms with Crippen LogP contribution in [0.4, 0.5) is 17.2 Å². The lowest BCUT2D eigenvalue weighted by molar-refractivity contribution is 0.598. The van der Waals surface area contributed by atoms with Crippen LogP contribution in [-0.2, 0) is 10.0 Å². The van der Waals surface area contributed by atoms with Gasteiger partial charge in [-0.2, -0.15) is 14.9 Å². The maximum Gasteiger partial charge on any atom is 0.303 e. The lowest BCUT2D eigenvalue weighted by Gasteiger charge is -1.97. The molecule has 0 radical (unpaired) electrons. The first-order valence-corrected chi connectivity index (χ1v) is 8.77. The number of azo groups is 1. The number of aromatic amines is 1. The quantitative estimate of drug-likeness (QED) is 0.543. The smallest absolute Gasteiger partial charge is 0.303 e. The highest BCUT2D eigenvalue weighted by Gasteiger charge is 2.16. The first kappa shape index (κ1) is 17.3. The summed E-state index contributed by atoms with van der Waals surface area (Å²) in [6.45, 7) is 7.20. The molecule has 3 N–H and O–H groups in total. The molecule has 0 amide bonds. The van der Waals surface area contributed by atoms with Crippen molar-refractivity contribution in [3.63, 3.8) is 0 Å². The summed E-state index contributed by atoms with van der Waals surface area (Å²) in [5.41, 5.74) is 0.202. The fraction of sp³-hybridized carbons (Fsp3) is 0. The monoisotopic (exact) mass is 368 g/mol. The van der Waals surface area contributed by atoms with Crippen LogP contribution in [-0.4, -0.2) is 18.2 Å². The molecule has 0 aliphatic carbocycles. The third-order valence-electron chi connectivity index (χ3n) is 3.40. The largest absolute Gasteiger partial charge is 0.360 e. The SMILES string of the molecule is [C-]#[N+]c1[nH]n(-c2ccccc2)c(=O)c1N=Nc1ccc(S(N)(=O)=O)cc1. The first-order chi connectivity index (χ1) is 12.4. The van der Waals surface area contributed by atoms with E-state index in [0.717, 1.165) is 0 Å². The van der Waals surface area contributed by atoms with Gasteiger partial charge in [-0.15, -0.1) is 0 Å². The van der Waals surface area contributed by atoms with E-state index in [1.807, 2.05) is 0 Å². The molecule has 0 bridgehead atoms. The van der Waals surface area contributed by atoms with E-state index in [0.29, 0.717) is 11.4 Å². The molecule has 0 aliphatic rings. The third-order valence-corrected chi connectivity index (χ3v) is 4.33. The van der Waals surface area contributed by atoms with E-state index in [-0.39, 0.29) is 16.4 Å². The molecule has 0 aliphatic heterocycles. The van der Waals surface area contributed by atoms with Crippen molar-refractivity contribution in [3.05, 3.63) is 76.4 Å². The maximum absolute atomic E-state index is 12.5. The number of nitrogens with one attached hydrogen (secondary N) is 1. The highest BCUT2D eigenvalue weighted by Crippen LogP contribution is 2.25. The van der Waals surface area contributed by atoms with Crippen molar-refractivity contribution in [1.82, 2.24) is 9.78 Å². The van der Waals surface area contributed by atoms with Gasteiger partial charge in [-0.25, -0.2) is 18.7 Å². The molecule has 26 heavy (non-hydrogen) atoms. The molecule has 1 heterocycles. The highest BCUT2D eigenvalue weighted by molar-refractivity contribution is 7.89. The summed E-state index contributed by atoms with van der Waals surface area (Å²) < 4.78 is 23.7. The van der Waals surface area contributed by atoms with E-state index in [1.54, 1.807) is 30.3 Å². The van der Waals surface area contributed by atoms with Gasteiger partial charge >= 0.3 is 5.56 Å². The minimum atomic E-state index is -3.80. The Kier molecular flexibility index (Phi) is 4.49. The molecule has 1 aromatic heterocycles. The summed E-state index contributed by atoms with van der Waals surface area (Å²) in [5, 5.41) is 15.4. The second kappa shape index (κ2) is 6.75. The molecule has 0 atom stereocenters. The average Bonchev–Trinajstić information content (AvgIpc) is 2.96. The lowest BCUT2D eigenvalue weighted by atomic mass is 10.3. The minimum Gasteiger partial charge on any atom is -0.360 e. The summed E-state index contributed by atoms with van der Waals surface area (Å²) in [6, 6.07) is 14.1. The van der Waals surface area contributed by atoms with Crippen LogP contribution < -0.4 is 10.7 Å². The normalized spacial score (nSPS) is 11.5. The topological polar surface area (TPSA) is 127 Å². The zero-order valence-electron chi connectivity index (χ0n) is 13.2. The van der Waals surface area contributed by atoms with E-state index < -0.39 is 15.6 Å². The van der Waals surface area contributed by atoms with Crippen molar-refractivity contribution >= 4 is 27.2 Å². The average molecular weight is 368 g/mol. The Morgan fingerprint density at radius 3 is 2.27 bits per heavy atom. The number of benzene rings is 2. The van der Waals surface area contributed by atoms with Gasteiger partial charge in [0.25, 0.3) is 5.82 Å². The Morgan fingerprint density at radius 2 is 1.69 bits per heavy atom. The number of hydrogen-bond acceptors (Lipinski definition) is 5. The van der Waals surface area contributed by atoms with Gasteiger partial charge < -0.3 is 4.85 Å². The van der Waals surface area contributed by atoms with Crippen LogP contribution >= 0.6 is 0 Å². The van der Waals surface area contributed by atoms with Gasteiger partial charge in [0.05, 0.1) is 16.3 Å². The Bertz CT molecular complexity index is 1170. The van der Waals surface area contributed by atoms with Crippen LogP contribution in [0.25, 0.3) is 10.5 Å². The number of nitrogens with two attached hydrogens (primary N) is 1. The van der Waals surface area contributed by atoms with Crippen molar-refractivity contribution in [2.45, 2.75) is 4.90 Å². The number of H-pyrrole nitrogens is 1. The van der Waals surface area contributed by atoms with Crippen molar-refractivity contribution in [2.24, 2.45) is 15.4 Å². The van der Waals surface area contributed by atoms with Gasteiger partial charge in [0, 0.05) is 0 Å². The molecule has 0 saturated carbocycles. The Hall–Kier alpha value is -3.55. The van der Waals surface area contributed by atoms with Crippen molar-refractivity contribution in [3.8, 4) is 5.69 Å². The number of sulfonamides is 1. The molecule has 2 aromatic carbocycles. The van der Waals surface area contributed by atoms with Crippen LogP contribution in [0, 0.1) is 6.57 Å². The number of rotatable bonds is 4. The van der Waals surface area contributed by atoms with Crippen LogP contribution in [0.2, 0.25) is 0 Å². The van der Waals surface area contributed by atoms with Crippen molar-refractivity contribution < 1.29 is 8.42 Å². The van der Waals surface area contributed by atoms with Crippen LogP contribution in [0.3, 0.4) is 0 Å². The molecular weight excluding hydrogens is 356 g/mol. The predicted molar refractivity (Wildman–Crippen MR) is 94.6 cm³/mol. The summed E-state index contributed by atoms with van der Waals surface area (Å²) in [6.07, 6.45) is 0. The van der Waals surface area contributed by atoms with Crippen molar-refractivity contribution in [2.75, 3.05) is 0 Å². The van der Waals surface area contributed by atoms with Crippen LogP contribution in [0.1, 0.15) is 0 Å². The van der Waals surface area contributed by atoms with Crippen molar-refractivity contribution in [1.29, 1.82) is 0 Å². The van der Waals surface area contributed by atoms with Gasteiger partial charge in [0.15, 0.2) is 5.69 Å². The zero-order chi connectivity index (χ0) is 18.7. The number of nitrogens with zero attached hydrogens (tertiary/aromatic N) is 4. The summed E-state index contributed by atoms with van der Waals surface area (Å²) in [5.74, 6) is -0.0521. The molecule has 9 nitrogen and oxygen atoms in total. The molecule has 3 rings (SSSR count). The third kappa shape index (κ3) is 3.44. The Morgan fingerprint density at radius 1 is 1.04 bits per heavy atom. The van der Waals surface area contributed by atoms with Gasteiger partial charge in [0.2, 0.25) is 10.0 Å². The van der Waals surface area contributed by atoms with E-state index in [9.17, 15) is 13.2 Å². The molecule has 0 fully saturated rings. The molecule has 10 heteroatoms.